The molecule has 0 saturated carbocycles. The predicted molar refractivity (Wildman–Crippen MR) is 102 cm³/mol. The van der Waals surface area contributed by atoms with E-state index in [-0.39, 0.29) is 12.2 Å². The van der Waals surface area contributed by atoms with E-state index in [4.69, 9.17) is 11.6 Å². The average Bonchev–Trinajstić information content (AvgIpc) is 2.88. The second-order valence-electron chi connectivity index (χ2n) is 6.56. The summed E-state index contributed by atoms with van der Waals surface area (Å²) in [5, 5.41) is 12.7. The van der Waals surface area contributed by atoms with E-state index < -0.39 is 17.4 Å². The fourth-order valence-corrected chi connectivity index (χ4v) is 3.56. The highest BCUT2D eigenvalue weighted by Crippen LogP contribution is 2.32. The van der Waals surface area contributed by atoms with Crippen LogP contribution < -0.4 is 5.32 Å². The van der Waals surface area contributed by atoms with Crippen molar-refractivity contribution in [2.24, 2.45) is 7.05 Å². The largest absolute Gasteiger partial charge is 0.480 e. The number of aliphatic carboxylic acids is 1. The van der Waals surface area contributed by atoms with E-state index in [0.717, 1.165) is 5.69 Å². The number of benzene rings is 1. The first-order valence-corrected chi connectivity index (χ1v) is 9.06. The van der Waals surface area contributed by atoms with Crippen molar-refractivity contribution >= 4 is 45.1 Å². The monoisotopic (exact) mass is 440 g/mol. The van der Waals surface area contributed by atoms with Crippen LogP contribution in [0.2, 0.25) is 5.02 Å². The first-order chi connectivity index (χ1) is 12.1. The van der Waals surface area contributed by atoms with Gasteiger partial charge in [0.15, 0.2) is 5.82 Å². The van der Waals surface area contributed by atoms with Gasteiger partial charge in [0.2, 0.25) is 0 Å². The molecule has 1 aliphatic heterocycles. The van der Waals surface area contributed by atoms with Crippen molar-refractivity contribution in [2.75, 3.05) is 12.4 Å². The second-order valence-corrected chi connectivity index (χ2v) is 7.79. The van der Waals surface area contributed by atoms with Crippen molar-refractivity contribution in [3.8, 4) is 0 Å². The molecule has 1 aromatic carbocycles. The zero-order valence-electron chi connectivity index (χ0n) is 14.5. The lowest BCUT2D eigenvalue weighted by Crippen LogP contribution is -2.54. The van der Waals surface area contributed by atoms with E-state index >= 15 is 0 Å². The highest BCUT2D eigenvalue weighted by atomic mass is 79.9. The first kappa shape index (κ1) is 18.9. The molecule has 3 rings (SSSR count). The number of imidazole rings is 1. The van der Waals surface area contributed by atoms with E-state index in [1.807, 2.05) is 0 Å². The maximum atomic E-state index is 12.7. The Morgan fingerprint density at radius 1 is 1.38 bits per heavy atom. The van der Waals surface area contributed by atoms with Gasteiger partial charge < -0.3 is 15.0 Å². The molecule has 0 radical (unpaired) electrons. The molecule has 2 N–H and O–H groups in total. The summed E-state index contributed by atoms with van der Waals surface area (Å²) >= 11 is 9.52. The summed E-state index contributed by atoms with van der Waals surface area (Å²) in [4.78, 5) is 30.6. The van der Waals surface area contributed by atoms with Crippen LogP contribution in [-0.2, 0) is 24.8 Å². The molecule has 1 amide bonds. The minimum absolute atomic E-state index is 0.217. The number of likely N-dealkylation sites (N-methyl/N-ethyl adjacent to an activating group) is 1. The smallest absolute Gasteiger partial charge is 0.324 e. The predicted octanol–water partition coefficient (Wildman–Crippen LogP) is 2.92. The quantitative estimate of drug-likeness (QED) is 0.765. The van der Waals surface area contributed by atoms with Crippen molar-refractivity contribution in [1.29, 1.82) is 0 Å². The van der Waals surface area contributed by atoms with Crippen molar-refractivity contribution in [3.63, 3.8) is 0 Å². The van der Waals surface area contributed by atoms with Crippen LogP contribution >= 0.6 is 27.5 Å². The van der Waals surface area contributed by atoms with Gasteiger partial charge in [0, 0.05) is 30.2 Å². The van der Waals surface area contributed by atoms with E-state index in [2.05, 4.69) is 26.2 Å². The Labute approximate surface area is 164 Å². The molecule has 0 spiro atoms. The summed E-state index contributed by atoms with van der Waals surface area (Å²) in [6, 6.07) is 5.24. The summed E-state index contributed by atoms with van der Waals surface area (Å²) in [5.74, 6) is -1.09. The number of carboxylic acid groups (broad SMARTS) is 1. The van der Waals surface area contributed by atoms with Crippen molar-refractivity contribution in [3.05, 3.63) is 44.9 Å². The third kappa shape index (κ3) is 3.02. The number of halogens is 2. The molecule has 0 fully saturated rings. The SMILES string of the molecule is CN1Cc2nc(C(=O)Nc3cccc(Br)c3Cl)n(C)c2CC1(C)C(=O)O. The molecule has 2 heterocycles. The fraction of sp³-hybridized carbons (Fsp3) is 0.353. The number of carbonyl (C=O) groups is 2. The van der Waals surface area contributed by atoms with Gasteiger partial charge in [0.05, 0.1) is 16.4 Å². The molecule has 0 saturated heterocycles. The number of nitrogens with zero attached hydrogens (tertiary/aromatic N) is 3. The first-order valence-electron chi connectivity index (χ1n) is 7.89. The average molecular weight is 442 g/mol. The summed E-state index contributed by atoms with van der Waals surface area (Å²) in [6.07, 6.45) is 0.266. The normalized spacial score (nSPS) is 19.9. The van der Waals surface area contributed by atoms with Gasteiger partial charge >= 0.3 is 5.97 Å². The topological polar surface area (TPSA) is 87.5 Å². The maximum Gasteiger partial charge on any atom is 0.324 e. The van der Waals surface area contributed by atoms with Gasteiger partial charge in [-0.1, -0.05) is 17.7 Å². The molecular weight excluding hydrogens is 424 g/mol. The molecule has 138 valence electrons. The number of aromatic nitrogens is 2. The molecule has 0 aliphatic carbocycles. The number of rotatable bonds is 3. The zero-order chi connectivity index (χ0) is 19.2. The Kier molecular flexibility index (Phi) is 4.85. The number of hydrogen-bond acceptors (Lipinski definition) is 4. The molecule has 9 heteroatoms. The van der Waals surface area contributed by atoms with Gasteiger partial charge in [-0.25, -0.2) is 4.98 Å². The Hall–Kier alpha value is -1.90. The lowest BCUT2D eigenvalue weighted by Gasteiger charge is -2.38. The molecule has 26 heavy (non-hydrogen) atoms. The van der Waals surface area contributed by atoms with Crippen LogP contribution in [0.3, 0.4) is 0 Å². The summed E-state index contributed by atoms with van der Waals surface area (Å²) in [6.45, 7) is 2.03. The third-order valence-electron chi connectivity index (χ3n) is 4.90. The van der Waals surface area contributed by atoms with Gasteiger partial charge in [-0.2, -0.15) is 0 Å². The molecule has 1 aliphatic rings. The number of amides is 1. The Bertz CT molecular complexity index is 914. The minimum atomic E-state index is -1.04. The summed E-state index contributed by atoms with van der Waals surface area (Å²) in [5.41, 5.74) is 0.888. The van der Waals surface area contributed by atoms with E-state index in [0.29, 0.717) is 27.4 Å². The van der Waals surface area contributed by atoms with Gasteiger partial charge in [-0.3, -0.25) is 14.5 Å². The molecule has 7 nitrogen and oxygen atoms in total. The molecule has 0 bridgehead atoms. The van der Waals surface area contributed by atoms with Crippen LogP contribution in [0.5, 0.6) is 0 Å². The number of carboxylic acids is 1. The van der Waals surface area contributed by atoms with Crippen molar-refractivity contribution < 1.29 is 14.7 Å². The van der Waals surface area contributed by atoms with Crippen molar-refractivity contribution in [1.82, 2.24) is 14.5 Å². The van der Waals surface area contributed by atoms with Gasteiger partial charge in [0.1, 0.15) is 5.54 Å². The van der Waals surface area contributed by atoms with Crippen LogP contribution in [-0.4, -0.2) is 44.0 Å². The number of fused-ring (bicyclic) bond motifs is 1. The van der Waals surface area contributed by atoms with Gasteiger partial charge in [-0.15, -0.1) is 0 Å². The van der Waals surface area contributed by atoms with E-state index in [1.54, 1.807) is 48.7 Å². The van der Waals surface area contributed by atoms with Crippen LogP contribution in [0.4, 0.5) is 5.69 Å². The minimum Gasteiger partial charge on any atom is -0.480 e. The maximum absolute atomic E-state index is 12.7. The number of carbonyl (C=O) groups excluding carboxylic acids is 1. The lowest BCUT2D eigenvalue weighted by molar-refractivity contribution is -0.150. The number of hydrogen-bond donors (Lipinski definition) is 2. The zero-order valence-corrected chi connectivity index (χ0v) is 16.8. The molecule has 1 aromatic heterocycles. The van der Waals surface area contributed by atoms with Gasteiger partial charge in [-0.05, 0) is 42.0 Å². The molecule has 1 atom stereocenters. The number of nitrogens with one attached hydrogen (secondary N) is 1. The van der Waals surface area contributed by atoms with Gasteiger partial charge in [0.25, 0.3) is 5.91 Å². The van der Waals surface area contributed by atoms with Crippen LogP contribution in [0.25, 0.3) is 0 Å². The van der Waals surface area contributed by atoms with Crippen LogP contribution in [0.1, 0.15) is 28.9 Å². The fourth-order valence-electron chi connectivity index (χ4n) is 3.02. The molecule has 1 unspecified atom stereocenters. The third-order valence-corrected chi connectivity index (χ3v) is 6.20. The number of anilines is 1. The molecule has 2 aromatic rings. The van der Waals surface area contributed by atoms with Crippen LogP contribution in [0.15, 0.2) is 22.7 Å². The standard InChI is InChI=1S/C17H18BrClN4O3/c1-17(16(25)26)7-12-11(8-22(17)2)20-14(23(12)3)15(24)21-10-6-4-5-9(18)13(10)19/h4-6H,7-8H2,1-3H3,(H,21,24)(H,25,26). The Morgan fingerprint density at radius 3 is 2.73 bits per heavy atom. The Balaban J connectivity index is 1.93. The van der Waals surface area contributed by atoms with Crippen molar-refractivity contribution in [2.45, 2.75) is 25.4 Å². The molecular formula is C17H18BrClN4O3. The van der Waals surface area contributed by atoms with Crippen LogP contribution in [0, 0.1) is 0 Å². The highest BCUT2D eigenvalue weighted by molar-refractivity contribution is 9.10. The lowest BCUT2D eigenvalue weighted by atomic mass is 9.89. The highest BCUT2D eigenvalue weighted by Gasteiger charge is 2.43. The van der Waals surface area contributed by atoms with E-state index in [1.165, 1.54) is 0 Å². The van der Waals surface area contributed by atoms with E-state index in [9.17, 15) is 14.7 Å². The summed E-state index contributed by atoms with van der Waals surface area (Å²) < 4.78 is 2.33. The summed E-state index contributed by atoms with van der Waals surface area (Å²) in [7, 11) is 3.46. The second kappa shape index (κ2) is 6.68. The Morgan fingerprint density at radius 2 is 2.08 bits per heavy atom.